The van der Waals surface area contributed by atoms with Gasteiger partial charge in [-0.1, -0.05) is 18.9 Å². The highest BCUT2D eigenvalue weighted by Gasteiger charge is 2.25. The fourth-order valence-corrected chi connectivity index (χ4v) is 3.98. The summed E-state index contributed by atoms with van der Waals surface area (Å²) in [6.45, 7) is 4.27. The Morgan fingerprint density at radius 1 is 0.724 bits per heavy atom. The molecule has 2 aromatic heterocycles. The van der Waals surface area contributed by atoms with Crippen LogP contribution in [0.15, 0.2) is 42.7 Å². The first-order valence-corrected chi connectivity index (χ1v) is 10.4. The number of aromatic nitrogens is 2. The van der Waals surface area contributed by atoms with E-state index in [2.05, 4.69) is 14.9 Å². The highest BCUT2D eigenvalue weighted by Crippen LogP contribution is 2.16. The van der Waals surface area contributed by atoms with E-state index < -0.39 is 0 Å². The van der Waals surface area contributed by atoms with Gasteiger partial charge in [-0.15, -0.1) is 0 Å². The van der Waals surface area contributed by atoms with E-state index in [1.54, 1.807) is 24.5 Å². The molecule has 2 saturated heterocycles. The molecule has 2 fully saturated rings. The normalized spacial score (nSPS) is 17.7. The molecule has 2 amide bonds. The lowest BCUT2D eigenvalue weighted by molar-refractivity contribution is 0.0740. The zero-order valence-corrected chi connectivity index (χ0v) is 16.7. The number of pyridine rings is 2. The summed E-state index contributed by atoms with van der Waals surface area (Å²) in [6.07, 6.45) is 7.79. The molecule has 0 aromatic carbocycles. The van der Waals surface area contributed by atoms with E-state index in [0.717, 1.165) is 44.8 Å². The van der Waals surface area contributed by atoms with Gasteiger partial charge in [-0.25, -0.2) is 4.98 Å². The van der Waals surface area contributed by atoms with Crippen molar-refractivity contribution in [2.24, 2.45) is 0 Å². The Balaban J connectivity index is 1.40. The van der Waals surface area contributed by atoms with Crippen LogP contribution in [0.25, 0.3) is 0 Å². The van der Waals surface area contributed by atoms with E-state index in [4.69, 9.17) is 0 Å². The maximum Gasteiger partial charge on any atom is 0.272 e. The summed E-state index contributed by atoms with van der Waals surface area (Å²) < 4.78 is 0. The summed E-state index contributed by atoms with van der Waals surface area (Å²) in [4.78, 5) is 40.3. The monoisotopic (exact) mass is 393 g/mol. The van der Waals surface area contributed by atoms with Crippen molar-refractivity contribution in [2.45, 2.75) is 25.7 Å². The Labute approximate surface area is 171 Å². The summed E-state index contributed by atoms with van der Waals surface area (Å²) in [5.74, 6) is 0.822. The molecular formula is C22H27N5O2. The third kappa shape index (κ3) is 4.55. The summed E-state index contributed by atoms with van der Waals surface area (Å²) in [7, 11) is 0. The molecule has 0 bridgehead atoms. The van der Waals surface area contributed by atoms with Crippen LogP contribution < -0.4 is 4.90 Å². The Hall–Kier alpha value is -2.96. The van der Waals surface area contributed by atoms with Crippen LogP contribution in [0.2, 0.25) is 0 Å². The van der Waals surface area contributed by atoms with Gasteiger partial charge in [0, 0.05) is 57.2 Å². The standard InChI is InChI=1S/C22H27N5O2/c28-21(26-11-5-1-2-6-12-26)18-8-10-23-19(17-18)22(29)27-15-13-25(14-16-27)20-7-3-4-9-24-20/h3-4,7-10,17H,1-2,5-6,11-16H2. The van der Waals surface area contributed by atoms with Gasteiger partial charge < -0.3 is 14.7 Å². The Bertz CT molecular complexity index is 841. The average Bonchev–Trinajstić information content (AvgIpc) is 3.08. The zero-order valence-electron chi connectivity index (χ0n) is 16.7. The van der Waals surface area contributed by atoms with Gasteiger partial charge in [0.1, 0.15) is 11.5 Å². The van der Waals surface area contributed by atoms with Gasteiger partial charge in [-0.3, -0.25) is 14.6 Å². The molecule has 0 spiro atoms. The van der Waals surface area contributed by atoms with Crippen LogP contribution >= 0.6 is 0 Å². The van der Waals surface area contributed by atoms with Crippen molar-refractivity contribution in [1.82, 2.24) is 19.8 Å². The zero-order chi connectivity index (χ0) is 20.1. The molecule has 2 aromatic rings. The maximum absolute atomic E-state index is 13.0. The number of piperazine rings is 1. The molecular weight excluding hydrogens is 366 g/mol. The highest BCUT2D eigenvalue weighted by atomic mass is 16.2. The average molecular weight is 393 g/mol. The third-order valence-corrected chi connectivity index (χ3v) is 5.66. The van der Waals surface area contributed by atoms with E-state index in [1.807, 2.05) is 28.0 Å². The van der Waals surface area contributed by atoms with Gasteiger partial charge in [-0.2, -0.15) is 0 Å². The van der Waals surface area contributed by atoms with Crippen molar-refractivity contribution >= 4 is 17.6 Å². The second-order valence-corrected chi connectivity index (χ2v) is 7.60. The molecule has 0 radical (unpaired) electrons. The van der Waals surface area contributed by atoms with E-state index >= 15 is 0 Å². The maximum atomic E-state index is 13.0. The molecule has 0 N–H and O–H groups in total. The van der Waals surface area contributed by atoms with Crippen LogP contribution in [-0.4, -0.2) is 70.9 Å². The van der Waals surface area contributed by atoms with E-state index in [0.29, 0.717) is 24.3 Å². The molecule has 0 saturated carbocycles. The molecule has 2 aliphatic heterocycles. The van der Waals surface area contributed by atoms with Crippen molar-refractivity contribution in [3.05, 3.63) is 54.0 Å². The molecule has 7 nitrogen and oxygen atoms in total. The summed E-state index contributed by atoms with van der Waals surface area (Å²) in [5, 5.41) is 0. The van der Waals surface area contributed by atoms with Crippen molar-refractivity contribution in [3.63, 3.8) is 0 Å². The number of carbonyl (C=O) groups excluding carboxylic acids is 2. The van der Waals surface area contributed by atoms with E-state index in [9.17, 15) is 9.59 Å². The number of anilines is 1. The van der Waals surface area contributed by atoms with Crippen molar-refractivity contribution in [3.8, 4) is 0 Å². The van der Waals surface area contributed by atoms with Crippen LogP contribution in [-0.2, 0) is 0 Å². The largest absolute Gasteiger partial charge is 0.353 e. The van der Waals surface area contributed by atoms with Gasteiger partial charge in [0.25, 0.3) is 11.8 Å². The second kappa shape index (κ2) is 9.03. The number of likely N-dealkylation sites (tertiary alicyclic amines) is 1. The predicted molar refractivity (Wildman–Crippen MR) is 111 cm³/mol. The fraction of sp³-hybridized carbons (Fsp3) is 0.455. The van der Waals surface area contributed by atoms with Gasteiger partial charge >= 0.3 is 0 Å². The molecule has 152 valence electrons. The smallest absolute Gasteiger partial charge is 0.272 e. The van der Waals surface area contributed by atoms with Crippen LogP contribution in [0.1, 0.15) is 46.5 Å². The Morgan fingerprint density at radius 3 is 2.14 bits per heavy atom. The van der Waals surface area contributed by atoms with Gasteiger partial charge in [0.05, 0.1) is 0 Å². The third-order valence-electron chi connectivity index (χ3n) is 5.66. The topological polar surface area (TPSA) is 69.6 Å². The predicted octanol–water partition coefficient (Wildman–Crippen LogP) is 2.46. The number of carbonyl (C=O) groups is 2. The Morgan fingerprint density at radius 2 is 1.45 bits per heavy atom. The first-order chi connectivity index (χ1) is 14.2. The Kier molecular flexibility index (Phi) is 6.03. The number of hydrogen-bond acceptors (Lipinski definition) is 5. The molecule has 0 atom stereocenters. The van der Waals surface area contributed by atoms with Crippen molar-refractivity contribution in [1.29, 1.82) is 0 Å². The molecule has 7 heteroatoms. The van der Waals surface area contributed by atoms with Crippen molar-refractivity contribution < 1.29 is 9.59 Å². The summed E-state index contributed by atoms with van der Waals surface area (Å²) in [5.41, 5.74) is 0.898. The SMILES string of the molecule is O=C(c1ccnc(C(=O)N2CCN(c3ccccn3)CC2)c1)N1CCCCCC1. The lowest BCUT2D eigenvalue weighted by Gasteiger charge is -2.35. The minimum Gasteiger partial charge on any atom is -0.353 e. The van der Waals surface area contributed by atoms with Crippen LogP contribution in [0.5, 0.6) is 0 Å². The minimum atomic E-state index is -0.115. The molecule has 4 rings (SSSR count). The molecule has 2 aliphatic rings. The first kappa shape index (κ1) is 19.4. The first-order valence-electron chi connectivity index (χ1n) is 10.4. The lowest BCUT2D eigenvalue weighted by Crippen LogP contribution is -2.49. The number of amides is 2. The highest BCUT2D eigenvalue weighted by molar-refractivity contribution is 5.98. The van der Waals surface area contributed by atoms with E-state index in [-0.39, 0.29) is 11.8 Å². The second-order valence-electron chi connectivity index (χ2n) is 7.60. The summed E-state index contributed by atoms with van der Waals surface area (Å²) in [6, 6.07) is 9.21. The molecule has 29 heavy (non-hydrogen) atoms. The van der Waals surface area contributed by atoms with E-state index in [1.165, 1.54) is 12.8 Å². The van der Waals surface area contributed by atoms with Gasteiger partial charge in [0.15, 0.2) is 0 Å². The van der Waals surface area contributed by atoms with Crippen molar-refractivity contribution in [2.75, 3.05) is 44.2 Å². The quantitative estimate of drug-likeness (QED) is 0.801. The fourth-order valence-electron chi connectivity index (χ4n) is 3.98. The number of rotatable bonds is 3. The van der Waals surface area contributed by atoms with Crippen LogP contribution in [0, 0.1) is 0 Å². The summed E-state index contributed by atoms with van der Waals surface area (Å²) >= 11 is 0. The lowest BCUT2D eigenvalue weighted by atomic mass is 10.1. The minimum absolute atomic E-state index is 0.00308. The molecule has 4 heterocycles. The van der Waals surface area contributed by atoms with Crippen LogP contribution in [0.4, 0.5) is 5.82 Å². The number of nitrogens with zero attached hydrogens (tertiary/aromatic N) is 5. The van der Waals surface area contributed by atoms with Gasteiger partial charge in [-0.05, 0) is 37.1 Å². The van der Waals surface area contributed by atoms with Crippen LogP contribution in [0.3, 0.4) is 0 Å². The molecule has 0 aliphatic carbocycles. The molecule has 0 unspecified atom stereocenters. The van der Waals surface area contributed by atoms with Gasteiger partial charge in [0.2, 0.25) is 0 Å². The number of hydrogen-bond donors (Lipinski definition) is 0.